The molecule has 0 spiro atoms. The first-order valence-electron chi connectivity index (χ1n) is 6.57. The van der Waals surface area contributed by atoms with Crippen LogP contribution in [0.4, 0.5) is 0 Å². The summed E-state index contributed by atoms with van der Waals surface area (Å²) in [7, 11) is 1.86. The number of rotatable bonds is 3. The van der Waals surface area contributed by atoms with E-state index in [9.17, 15) is 0 Å². The van der Waals surface area contributed by atoms with Crippen LogP contribution in [0.3, 0.4) is 0 Å². The van der Waals surface area contributed by atoms with Crippen LogP contribution in [0.15, 0.2) is 30.5 Å². The van der Waals surface area contributed by atoms with Crippen molar-refractivity contribution < 1.29 is 9.47 Å². The third-order valence-electron chi connectivity index (χ3n) is 3.30. The molecule has 0 radical (unpaired) electrons. The van der Waals surface area contributed by atoms with Gasteiger partial charge in [-0.2, -0.15) is 0 Å². The maximum Gasteiger partial charge on any atom is 0.161 e. The molecular weight excluding hydrogens is 311 g/mol. The highest BCUT2D eigenvalue weighted by Gasteiger charge is 2.20. The lowest BCUT2D eigenvalue weighted by Crippen LogP contribution is -2.20. The Morgan fingerprint density at radius 1 is 1.14 bits per heavy atom. The van der Waals surface area contributed by atoms with Crippen molar-refractivity contribution in [1.82, 2.24) is 10.3 Å². The molecule has 3 rings (SSSR count). The summed E-state index contributed by atoms with van der Waals surface area (Å²) in [6, 6.07) is 7.36. The van der Waals surface area contributed by atoms with Crippen molar-refractivity contribution >= 4 is 23.2 Å². The molecule has 0 saturated heterocycles. The number of ether oxygens (including phenoxy) is 2. The molecule has 110 valence electrons. The van der Waals surface area contributed by atoms with Gasteiger partial charge in [0.1, 0.15) is 13.2 Å². The topological polar surface area (TPSA) is 43.4 Å². The molecule has 0 saturated carbocycles. The molecule has 0 amide bonds. The van der Waals surface area contributed by atoms with E-state index in [-0.39, 0.29) is 6.04 Å². The number of nitrogens with zero attached hydrogens (tertiary/aromatic N) is 1. The maximum absolute atomic E-state index is 6.25. The van der Waals surface area contributed by atoms with Crippen LogP contribution in [0.2, 0.25) is 10.0 Å². The highest BCUT2D eigenvalue weighted by Crippen LogP contribution is 2.35. The molecule has 1 aromatic heterocycles. The number of benzene rings is 1. The van der Waals surface area contributed by atoms with Crippen LogP contribution in [-0.4, -0.2) is 25.2 Å². The maximum atomic E-state index is 6.25. The molecule has 1 unspecified atom stereocenters. The highest BCUT2D eigenvalue weighted by molar-refractivity contribution is 6.34. The zero-order valence-corrected chi connectivity index (χ0v) is 12.9. The second-order valence-electron chi connectivity index (χ2n) is 4.65. The van der Waals surface area contributed by atoms with Gasteiger partial charge in [0.2, 0.25) is 0 Å². The van der Waals surface area contributed by atoms with E-state index < -0.39 is 0 Å². The second kappa shape index (κ2) is 6.10. The van der Waals surface area contributed by atoms with Crippen LogP contribution in [0, 0.1) is 0 Å². The number of fused-ring (bicyclic) bond motifs is 1. The van der Waals surface area contributed by atoms with Crippen LogP contribution in [0.25, 0.3) is 0 Å². The quantitative estimate of drug-likeness (QED) is 0.938. The lowest BCUT2D eigenvalue weighted by molar-refractivity contribution is 0.171. The summed E-state index contributed by atoms with van der Waals surface area (Å²) in [5.41, 5.74) is 1.72. The molecule has 1 aromatic carbocycles. The van der Waals surface area contributed by atoms with E-state index in [0.29, 0.717) is 23.3 Å². The van der Waals surface area contributed by atoms with Gasteiger partial charge in [-0.15, -0.1) is 0 Å². The van der Waals surface area contributed by atoms with Crippen LogP contribution in [0.1, 0.15) is 17.3 Å². The van der Waals surface area contributed by atoms with E-state index in [4.69, 9.17) is 32.7 Å². The lowest BCUT2D eigenvalue weighted by atomic mass is 10.0. The average molecular weight is 325 g/mol. The molecule has 1 atom stereocenters. The lowest BCUT2D eigenvalue weighted by Gasteiger charge is -2.22. The summed E-state index contributed by atoms with van der Waals surface area (Å²) >= 11 is 12.2. The fourth-order valence-electron chi connectivity index (χ4n) is 2.34. The van der Waals surface area contributed by atoms with E-state index >= 15 is 0 Å². The highest BCUT2D eigenvalue weighted by atomic mass is 35.5. The molecule has 2 aromatic rings. The van der Waals surface area contributed by atoms with E-state index in [0.717, 1.165) is 22.8 Å². The van der Waals surface area contributed by atoms with Gasteiger partial charge in [-0.25, -0.2) is 0 Å². The fourth-order valence-corrected chi connectivity index (χ4v) is 2.83. The number of halogens is 2. The third-order valence-corrected chi connectivity index (χ3v) is 3.81. The SMILES string of the molecule is CNC(c1ccc2c(c1)OCCO2)c1ncc(Cl)cc1Cl. The van der Waals surface area contributed by atoms with Crippen LogP contribution in [-0.2, 0) is 0 Å². The Bertz CT molecular complexity index is 664. The van der Waals surface area contributed by atoms with Crippen molar-refractivity contribution in [2.24, 2.45) is 0 Å². The number of hydrogen-bond acceptors (Lipinski definition) is 4. The van der Waals surface area contributed by atoms with E-state index in [1.807, 2.05) is 25.2 Å². The number of pyridine rings is 1. The first kappa shape index (κ1) is 14.4. The van der Waals surface area contributed by atoms with Gasteiger partial charge < -0.3 is 14.8 Å². The van der Waals surface area contributed by atoms with Gasteiger partial charge in [0.05, 0.1) is 21.8 Å². The van der Waals surface area contributed by atoms with Gasteiger partial charge in [0.15, 0.2) is 11.5 Å². The van der Waals surface area contributed by atoms with Crippen molar-refractivity contribution in [2.75, 3.05) is 20.3 Å². The van der Waals surface area contributed by atoms with Crippen molar-refractivity contribution in [3.63, 3.8) is 0 Å². The number of hydrogen-bond donors (Lipinski definition) is 1. The minimum atomic E-state index is -0.148. The van der Waals surface area contributed by atoms with Crippen molar-refractivity contribution in [1.29, 1.82) is 0 Å². The Balaban J connectivity index is 1.99. The van der Waals surface area contributed by atoms with Gasteiger partial charge in [-0.1, -0.05) is 29.3 Å². The summed E-state index contributed by atoms with van der Waals surface area (Å²) in [5.74, 6) is 1.50. The predicted molar refractivity (Wildman–Crippen MR) is 82.6 cm³/mol. The average Bonchev–Trinajstić information content (AvgIpc) is 2.50. The summed E-state index contributed by atoms with van der Waals surface area (Å²) in [6.07, 6.45) is 1.59. The van der Waals surface area contributed by atoms with Crippen molar-refractivity contribution in [2.45, 2.75) is 6.04 Å². The number of nitrogens with one attached hydrogen (secondary N) is 1. The van der Waals surface area contributed by atoms with Gasteiger partial charge >= 0.3 is 0 Å². The zero-order chi connectivity index (χ0) is 14.8. The standard InChI is InChI=1S/C15H14Cl2N2O2/c1-18-14(15-11(17)7-10(16)8-19-15)9-2-3-12-13(6-9)21-5-4-20-12/h2-3,6-8,14,18H,4-5H2,1H3. The van der Waals surface area contributed by atoms with E-state index in [2.05, 4.69) is 10.3 Å². The summed E-state index contributed by atoms with van der Waals surface area (Å²) < 4.78 is 11.1. The Labute approximate surface area is 133 Å². The van der Waals surface area contributed by atoms with Gasteiger partial charge in [-0.05, 0) is 30.8 Å². The molecule has 0 bridgehead atoms. The molecule has 1 N–H and O–H groups in total. The molecule has 0 fully saturated rings. The zero-order valence-electron chi connectivity index (χ0n) is 11.4. The smallest absolute Gasteiger partial charge is 0.161 e. The predicted octanol–water partition coefficient (Wildman–Crippen LogP) is 3.47. The van der Waals surface area contributed by atoms with E-state index in [1.165, 1.54) is 0 Å². The molecule has 1 aliphatic heterocycles. The first-order chi connectivity index (χ1) is 10.2. The second-order valence-corrected chi connectivity index (χ2v) is 5.49. The van der Waals surface area contributed by atoms with Crippen molar-refractivity contribution in [3.8, 4) is 11.5 Å². The first-order valence-corrected chi connectivity index (χ1v) is 7.32. The molecule has 1 aliphatic rings. The van der Waals surface area contributed by atoms with Crippen LogP contribution >= 0.6 is 23.2 Å². The largest absolute Gasteiger partial charge is 0.486 e. The van der Waals surface area contributed by atoms with Gasteiger partial charge in [0.25, 0.3) is 0 Å². The van der Waals surface area contributed by atoms with Gasteiger partial charge in [-0.3, -0.25) is 4.98 Å². The Morgan fingerprint density at radius 3 is 2.62 bits per heavy atom. The van der Waals surface area contributed by atoms with Crippen LogP contribution < -0.4 is 14.8 Å². The summed E-state index contributed by atoms with van der Waals surface area (Å²) in [5, 5.41) is 4.25. The molecule has 6 heteroatoms. The van der Waals surface area contributed by atoms with Crippen LogP contribution in [0.5, 0.6) is 11.5 Å². The summed E-state index contributed by atoms with van der Waals surface area (Å²) in [6.45, 7) is 1.13. The van der Waals surface area contributed by atoms with Gasteiger partial charge in [0, 0.05) is 6.20 Å². The molecule has 4 nitrogen and oxygen atoms in total. The van der Waals surface area contributed by atoms with E-state index in [1.54, 1.807) is 12.3 Å². The Morgan fingerprint density at radius 2 is 1.90 bits per heavy atom. The monoisotopic (exact) mass is 324 g/mol. The Hall–Kier alpha value is -1.49. The minimum Gasteiger partial charge on any atom is -0.486 e. The fraction of sp³-hybridized carbons (Fsp3) is 0.267. The third kappa shape index (κ3) is 2.93. The molecular formula is C15H14Cl2N2O2. The molecule has 0 aliphatic carbocycles. The molecule has 21 heavy (non-hydrogen) atoms. The summed E-state index contributed by atoms with van der Waals surface area (Å²) in [4.78, 5) is 4.34. The van der Waals surface area contributed by atoms with Crippen molar-refractivity contribution in [3.05, 3.63) is 51.8 Å². The Kier molecular flexibility index (Phi) is 4.19. The number of aromatic nitrogens is 1. The normalized spacial score (nSPS) is 14.8. The minimum absolute atomic E-state index is 0.148. The molecule has 2 heterocycles.